The molecule has 3 amide bonds. The number of hydrogen-bond donors (Lipinski definition) is 2. The monoisotopic (exact) mass is 476 g/mol. The molecule has 35 heavy (non-hydrogen) atoms. The molecule has 2 N–H and O–H groups in total. The van der Waals surface area contributed by atoms with Crippen molar-refractivity contribution in [2.45, 2.75) is 25.3 Å². The summed E-state index contributed by atoms with van der Waals surface area (Å²) < 4.78 is 7.29. The van der Waals surface area contributed by atoms with Crippen molar-refractivity contribution in [3.05, 3.63) is 66.1 Å². The maximum atomic E-state index is 12.6. The zero-order valence-corrected chi connectivity index (χ0v) is 19.9. The van der Waals surface area contributed by atoms with Crippen LogP contribution in [0.15, 0.2) is 55.0 Å². The lowest BCUT2D eigenvalue weighted by Gasteiger charge is -2.34. The van der Waals surface area contributed by atoms with Crippen molar-refractivity contribution >= 4 is 23.3 Å². The number of carbonyl (C=O) groups is 2. The first-order valence-electron chi connectivity index (χ1n) is 12.3. The van der Waals surface area contributed by atoms with E-state index < -0.39 is 0 Å². The lowest BCUT2D eigenvalue weighted by atomic mass is 9.89. The fourth-order valence-corrected chi connectivity index (χ4v) is 4.77. The summed E-state index contributed by atoms with van der Waals surface area (Å²) in [5.74, 6) is 0.656. The number of nitrogens with zero attached hydrogens (tertiary/aromatic N) is 4. The molecular weight excluding hydrogens is 444 g/mol. The van der Waals surface area contributed by atoms with Gasteiger partial charge in [-0.1, -0.05) is 12.1 Å². The van der Waals surface area contributed by atoms with Crippen molar-refractivity contribution in [3.63, 3.8) is 0 Å². The number of likely N-dealkylation sites (tertiary alicyclic amines) is 1. The molecule has 2 fully saturated rings. The molecule has 9 heteroatoms. The van der Waals surface area contributed by atoms with Crippen molar-refractivity contribution in [2.75, 3.05) is 51.3 Å². The predicted molar refractivity (Wildman–Crippen MR) is 133 cm³/mol. The predicted octanol–water partition coefficient (Wildman–Crippen LogP) is 2.69. The Bertz CT molecular complexity index is 1150. The van der Waals surface area contributed by atoms with Gasteiger partial charge in [0.15, 0.2) is 0 Å². The molecule has 5 rings (SSSR count). The number of imidazole rings is 1. The molecule has 0 bridgehead atoms. The Balaban J connectivity index is 1.06. The zero-order valence-electron chi connectivity index (χ0n) is 19.9. The number of pyridine rings is 1. The van der Waals surface area contributed by atoms with Gasteiger partial charge < -0.3 is 24.7 Å². The number of urea groups is 1. The highest BCUT2D eigenvalue weighted by molar-refractivity contribution is 5.89. The second-order valence-electron chi connectivity index (χ2n) is 9.20. The number of amides is 3. The number of nitrogens with one attached hydrogen (secondary N) is 2. The van der Waals surface area contributed by atoms with E-state index in [0.717, 1.165) is 55.9 Å². The summed E-state index contributed by atoms with van der Waals surface area (Å²) >= 11 is 0. The SMILES string of the molecule is O=C(NCc1ccn2ccnc2c1)Nc1ccc(C2CCN(C(=O)CN3CCOCC3)CC2)cc1. The Morgan fingerprint density at radius 3 is 2.54 bits per heavy atom. The number of fused-ring (bicyclic) bond motifs is 1. The largest absolute Gasteiger partial charge is 0.379 e. The van der Waals surface area contributed by atoms with Crippen LogP contribution in [-0.2, 0) is 16.1 Å². The third kappa shape index (κ3) is 5.98. The standard InChI is InChI=1S/C26H32N6O3/c33-25(19-30-13-15-35-16-14-30)32-10-6-22(7-11-32)21-1-3-23(4-2-21)29-26(34)28-18-20-5-9-31-12-8-27-24(31)17-20/h1-5,8-9,12,17,22H,6-7,10-11,13-16,18-19H2,(H2,28,29,34). The quantitative estimate of drug-likeness (QED) is 0.571. The molecule has 1 aromatic carbocycles. The summed E-state index contributed by atoms with van der Waals surface area (Å²) in [4.78, 5) is 33.4. The maximum absolute atomic E-state index is 12.6. The second kappa shape index (κ2) is 10.9. The minimum atomic E-state index is -0.243. The van der Waals surface area contributed by atoms with E-state index in [4.69, 9.17) is 4.74 Å². The molecule has 0 spiro atoms. The van der Waals surface area contributed by atoms with Gasteiger partial charge >= 0.3 is 6.03 Å². The molecular formula is C26H32N6O3. The lowest BCUT2D eigenvalue weighted by Crippen LogP contribution is -2.46. The van der Waals surface area contributed by atoms with Crippen LogP contribution in [-0.4, -0.2) is 77.1 Å². The van der Waals surface area contributed by atoms with Gasteiger partial charge in [0.1, 0.15) is 5.65 Å². The van der Waals surface area contributed by atoms with Gasteiger partial charge in [0, 0.05) is 57.0 Å². The number of morpholine rings is 1. The zero-order chi connectivity index (χ0) is 24.0. The normalized spacial score (nSPS) is 17.4. The molecule has 2 aliphatic heterocycles. The number of aromatic nitrogens is 2. The smallest absolute Gasteiger partial charge is 0.319 e. The van der Waals surface area contributed by atoms with Gasteiger partial charge in [-0.05, 0) is 54.2 Å². The van der Waals surface area contributed by atoms with Gasteiger partial charge in [-0.25, -0.2) is 9.78 Å². The molecule has 184 valence electrons. The molecule has 2 aromatic heterocycles. The van der Waals surface area contributed by atoms with Crippen LogP contribution in [0.2, 0.25) is 0 Å². The van der Waals surface area contributed by atoms with E-state index in [1.165, 1.54) is 5.56 Å². The van der Waals surface area contributed by atoms with Crippen LogP contribution in [0.1, 0.15) is 29.9 Å². The summed E-state index contributed by atoms with van der Waals surface area (Å²) in [5, 5.41) is 5.79. The van der Waals surface area contributed by atoms with E-state index in [0.29, 0.717) is 32.2 Å². The molecule has 0 atom stereocenters. The highest BCUT2D eigenvalue weighted by Gasteiger charge is 2.25. The fraction of sp³-hybridized carbons (Fsp3) is 0.423. The topological polar surface area (TPSA) is 91.2 Å². The molecule has 2 saturated heterocycles. The first kappa shape index (κ1) is 23.3. The third-order valence-electron chi connectivity index (χ3n) is 6.87. The number of hydrogen-bond acceptors (Lipinski definition) is 5. The molecule has 0 radical (unpaired) electrons. The minimum absolute atomic E-state index is 0.223. The number of benzene rings is 1. The van der Waals surface area contributed by atoms with Crippen LogP contribution in [0.3, 0.4) is 0 Å². The number of carbonyl (C=O) groups excluding carboxylic acids is 2. The van der Waals surface area contributed by atoms with Crippen LogP contribution in [0, 0.1) is 0 Å². The van der Waals surface area contributed by atoms with E-state index in [9.17, 15) is 9.59 Å². The van der Waals surface area contributed by atoms with Gasteiger partial charge in [0.2, 0.25) is 5.91 Å². The Morgan fingerprint density at radius 1 is 1.00 bits per heavy atom. The first-order chi connectivity index (χ1) is 17.1. The molecule has 3 aromatic rings. The van der Waals surface area contributed by atoms with Gasteiger partial charge in [-0.3, -0.25) is 9.69 Å². The number of anilines is 1. The van der Waals surface area contributed by atoms with Crippen molar-refractivity contribution in [1.29, 1.82) is 0 Å². The Kier molecular flexibility index (Phi) is 7.25. The van der Waals surface area contributed by atoms with Gasteiger partial charge in [0.25, 0.3) is 0 Å². The average molecular weight is 477 g/mol. The Hall–Kier alpha value is -3.43. The molecule has 0 aliphatic carbocycles. The Morgan fingerprint density at radius 2 is 1.77 bits per heavy atom. The summed E-state index contributed by atoms with van der Waals surface area (Å²) in [6.45, 7) is 5.60. The van der Waals surface area contributed by atoms with E-state index in [1.54, 1.807) is 6.20 Å². The highest BCUT2D eigenvalue weighted by Crippen LogP contribution is 2.29. The highest BCUT2D eigenvalue weighted by atomic mass is 16.5. The third-order valence-corrected chi connectivity index (χ3v) is 6.87. The minimum Gasteiger partial charge on any atom is -0.379 e. The molecule has 0 unspecified atom stereocenters. The van der Waals surface area contributed by atoms with Crippen LogP contribution in [0.4, 0.5) is 10.5 Å². The van der Waals surface area contributed by atoms with Crippen LogP contribution in [0.25, 0.3) is 5.65 Å². The molecule has 9 nitrogen and oxygen atoms in total. The summed E-state index contributed by atoms with van der Waals surface area (Å²) in [7, 11) is 0. The fourth-order valence-electron chi connectivity index (χ4n) is 4.77. The maximum Gasteiger partial charge on any atom is 0.319 e. The van der Waals surface area contributed by atoms with E-state index in [1.807, 2.05) is 46.0 Å². The van der Waals surface area contributed by atoms with Gasteiger partial charge in [-0.15, -0.1) is 0 Å². The summed E-state index contributed by atoms with van der Waals surface area (Å²) in [6.07, 6.45) is 7.49. The van der Waals surface area contributed by atoms with Crippen LogP contribution >= 0.6 is 0 Å². The van der Waals surface area contributed by atoms with E-state index in [2.05, 4.69) is 32.7 Å². The van der Waals surface area contributed by atoms with E-state index in [-0.39, 0.29) is 11.9 Å². The second-order valence-corrected chi connectivity index (χ2v) is 9.20. The van der Waals surface area contributed by atoms with Crippen molar-refractivity contribution in [2.24, 2.45) is 0 Å². The lowest BCUT2D eigenvalue weighted by molar-refractivity contribution is -0.134. The average Bonchev–Trinajstić information content (AvgIpc) is 3.37. The van der Waals surface area contributed by atoms with Crippen molar-refractivity contribution in [3.8, 4) is 0 Å². The first-order valence-corrected chi connectivity index (χ1v) is 12.3. The molecule has 2 aliphatic rings. The van der Waals surface area contributed by atoms with Crippen molar-refractivity contribution < 1.29 is 14.3 Å². The van der Waals surface area contributed by atoms with Crippen LogP contribution in [0.5, 0.6) is 0 Å². The number of piperidine rings is 1. The van der Waals surface area contributed by atoms with Crippen LogP contribution < -0.4 is 10.6 Å². The van der Waals surface area contributed by atoms with Gasteiger partial charge in [0.05, 0.1) is 19.8 Å². The van der Waals surface area contributed by atoms with E-state index >= 15 is 0 Å². The Labute approximate surface area is 205 Å². The summed E-state index contributed by atoms with van der Waals surface area (Å²) in [5.41, 5.74) is 3.86. The summed E-state index contributed by atoms with van der Waals surface area (Å²) in [6, 6.07) is 11.7. The number of ether oxygens (including phenoxy) is 1. The number of rotatable bonds is 6. The van der Waals surface area contributed by atoms with Crippen molar-refractivity contribution in [1.82, 2.24) is 24.5 Å². The molecule has 4 heterocycles. The molecule has 0 saturated carbocycles. The van der Waals surface area contributed by atoms with Gasteiger partial charge in [-0.2, -0.15) is 0 Å².